The molecule has 1 fully saturated rings. The molecule has 2 aromatic carbocycles. The standard InChI is InChI=1S/C24H31N3O3/c1-24(2,3)30-23(29)25-21(20-12-8-5-9-13-20)22(28)27-16-14-26(15-17-27)18-19-10-6-4-7-11-19/h4-13,21H,14-18H2,1-3H3,(H,25,29). The van der Waals surface area contributed by atoms with E-state index in [1.54, 1.807) is 20.8 Å². The maximum Gasteiger partial charge on any atom is 0.408 e. The van der Waals surface area contributed by atoms with Crippen LogP contribution in [0.3, 0.4) is 0 Å². The summed E-state index contributed by atoms with van der Waals surface area (Å²) in [7, 11) is 0. The van der Waals surface area contributed by atoms with E-state index in [1.807, 2.05) is 53.4 Å². The van der Waals surface area contributed by atoms with Crippen LogP contribution in [0.15, 0.2) is 60.7 Å². The Labute approximate surface area is 178 Å². The Balaban J connectivity index is 1.64. The first kappa shape index (κ1) is 21.8. The molecule has 0 radical (unpaired) electrons. The van der Waals surface area contributed by atoms with Crippen molar-refractivity contribution in [2.24, 2.45) is 0 Å². The SMILES string of the molecule is CC(C)(C)OC(=O)NC(C(=O)N1CCN(Cc2ccccc2)CC1)c1ccccc1. The first-order valence-corrected chi connectivity index (χ1v) is 10.4. The topological polar surface area (TPSA) is 61.9 Å². The zero-order chi connectivity index (χ0) is 21.6. The number of carbonyl (C=O) groups excluding carboxylic acids is 2. The average Bonchev–Trinajstić information content (AvgIpc) is 2.72. The second-order valence-corrected chi connectivity index (χ2v) is 8.58. The summed E-state index contributed by atoms with van der Waals surface area (Å²) in [4.78, 5) is 29.8. The molecule has 2 aromatic rings. The van der Waals surface area contributed by atoms with Crippen molar-refractivity contribution in [1.82, 2.24) is 15.1 Å². The van der Waals surface area contributed by atoms with E-state index in [1.165, 1.54) is 5.56 Å². The van der Waals surface area contributed by atoms with Crippen molar-refractivity contribution in [2.45, 2.75) is 39.0 Å². The fourth-order valence-electron chi connectivity index (χ4n) is 3.51. The van der Waals surface area contributed by atoms with E-state index in [9.17, 15) is 9.59 Å². The van der Waals surface area contributed by atoms with Crippen LogP contribution in [0.4, 0.5) is 4.79 Å². The minimum absolute atomic E-state index is 0.105. The second-order valence-electron chi connectivity index (χ2n) is 8.58. The zero-order valence-electron chi connectivity index (χ0n) is 18.0. The summed E-state index contributed by atoms with van der Waals surface area (Å²) < 4.78 is 5.38. The van der Waals surface area contributed by atoms with Gasteiger partial charge >= 0.3 is 6.09 Å². The Hall–Kier alpha value is -2.86. The molecule has 6 heteroatoms. The van der Waals surface area contributed by atoms with Crippen LogP contribution in [0.25, 0.3) is 0 Å². The van der Waals surface area contributed by atoms with Gasteiger partial charge in [0.1, 0.15) is 11.6 Å². The highest BCUT2D eigenvalue weighted by Crippen LogP contribution is 2.19. The number of hydrogen-bond acceptors (Lipinski definition) is 4. The van der Waals surface area contributed by atoms with Crippen LogP contribution in [-0.4, -0.2) is 53.6 Å². The monoisotopic (exact) mass is 409 g/mol. The van der Waals surface area contributed by atoms with E-state index in [2.05, 4.69) is 22.3 Å². The predicted molar refractivity (Wildman–Crippen MR) is 117 cm³/mol. The molecule has 1 atom stereocenters. The van der Waals surface area contributed by atoms with Gasteiger partial charge < -0.3 is 15.0 Å². The molecule has 1 N–H and O–H groups in total. The Bertz CT molecular complexity index is 826. The van der Waals surface area contributed by atoms with Gasteiger partial charge in [-0.25, -0.2) is 4.79 Å². The molecule has 0 spiro atoms. The number of piperazine rings is 1. The molecule has 0 saturated carbocycles. The van der Waals surface area contributed by atoms with Crippen LogP contribution in [0.1, 0.15) is 37.9 Å². The van der Waals surface area contributed by atoms with Gasteiger partial charge in [0.15, 0.2) is 0 Å². The molecular weight excluding hydrogens is 378 g/mol. The highest BCUT2D eigenvalue weighted by molar-refractivity contribution is 5.87. The molecule has 1 aliphatic rings. The second kappa shape index (κ2) is 9.76. The lowest BCUT2D eigenvalue weighted by Crippen LogP contribution is -2.52. The van der Waals surface area contributed by atoms with E-state index in [0.29, 0.717) is 13.1 Å². The number of nitrogens with one attached hydrogen (secondary N) is 1. The number of benzene rings is 2. The van der Waals surface area contributed by atoms with Gasteiger partial charge in [0.25, 0.3) is 0 Å². The number of alkyl carbamates (subject to hydrolysis) is 1. The third kappa shape index (κ3) is 6.32. The summed E-state index contributed by atoms with van der Waals surface area (Å²) in [5.41, 5.74) is 1.39. The van der Waals surface area contributed by atoms with Crippen LogP contribution in [0.5, 0.6) is 0 Å². The maximum absolute atomic E-state index is 13.3. The number of nitrogens with zero attached hydrogens (tertiary/aromatic N) is 2. The Morgan fingerprint density at radius 1 is 0.933 bits per heavy atom. The van der Waals surface area contributed by atoms with Crippen molar-refractivity contribution >= 4 is 12.0 Å². The lowest BCUT2D eigenvalue weighted by molar-refractivity contribution is -0.135. The molecule has 1 unspecified atom stereocenters. The van der Waals surface area contributed by atoms with Crippen LogP contribution < -0.4 is 5.32 Å². The van der Waals surface area contributed by atoms with Gasteiger partial charge in [0, 0.05) is 32.7 Å². The third-order valence-corrected chi connectivity index (χ3v) is 4.97. The molecular formula is C24H31N3O3. The van der Waals surface area contributed by atoms with Crippen molar-refractivity contribution in [2.75, 3.05) is 26.2 Å². The maximum atomic E-state index is 13.3. The lowest BCUT2D eigenvalue weighted by Gasteiger charge is -2.36. The fourth-order valence-corrected chi connectivity index (χ4v) is 3.51. The average molecular weight is 410 g/mol. The summed E-state index contributed by atoms with van der Waals surface area (Å²) >= 11 is 0. The number of hydrogen-bond donors (Lipinski definition) is 1. The van der Waals surface area contributed by atoms with Crippen molar-refractivity contribution in [1.29, 1.82) is 0 Å². The Morgan fingerprint density at radius 2 is 1.50 bits per heavy atom. The van der Waals surface area contributed by atoms with Crippen molar-refractivity contribution in [3.05, 3.63) is 71.8 Å². The lowest BCUT2D eigenvalue weighted by atomic mass is 10.1. The molecule has 2 amide bonds. The molecule has 1 saturated heterocycles. The van der Waals surface area contributed by atoms with Crippen molar-refractivity contribution < 1.29 is 14.3 Å². The zero-order valence-corrected chi connectivity index (χ0v) is 18.0. The Kier molecular flexibility index (Phi) is 7.11. The van der Waals surface area contributed by atoms with Gasteiger partial charge in [-0.3, -0.25) is 9.69 Å². The first-order chi connectivity index (χ1) is 14.3. The summed E-state index contributed by atoms with van der Waals surface area (Å²) in [6.45, 7) is 9.15. The smallest absolute Gasteiger partial charge is 0.408 e. The number of ether oxygens (including phenoxy) is 1. The predicted octanol–water partition coefficient (Wildman–Crippen LogP) is 3.60. The van der Waals surface area contributed by atoms with Crippen molar-refractivity contribution in [3.8, 4) is 0 Å². The number of rotatable bonds is 5. The number of carbonyl (C=O) groups is 2. The fraction of sp³-hybridized carbons (Fsp3) is 0.417. The molecule has 6 nitrogen and oxygen atoms in total. The number of amides is 2. The van der Waals surface area contributed by atoms with Gasteiger partial charge in [-0.05, 0) is 31.9 Å². The van der Waals surface area contributed by atoms with E-state index in [-0.39, 0.29) is 5.91 Å². The Morgan fingerprint density at radius 3 is 2.07 bits per heavy atom. The van der Waals surface area contributed by atoms with Gasteiger partial charge in [0.05, 0.1) is 0 Å². The van der Waals surface area contributed by atoms with E-state index in [4.69, 9.17) is 4.74 Å². The minimum Gasteiger partial charge on any atom is -0.444 e. The van der Waals surface area contributed by atoms with E-state index in [0.717, 1.165) is 25.2 Å². The third-order valence-electron chi connectivity index (χ3n) is 4.97. The quantitative estimate of drug-likeness (QED) is 0.820. The van der Waals surface area contributed by atoms with E-state index >= 15 is 0 Å². The van der Waals surface area contributed by atoms with Crippen LogP contribution >= 0.6 is 0 Å². The molecule has 0 aliphatic carbocycles. The molecule has 0 bridgehead atoms. The molecule has 1 aliphatic heterocycles. The van der Waals surface area contributed by atoms with Gasteiger partial charge in [-0.15, -0.1) is 0 Å². The minimum atomic E-state index is -0.762. The molecule has 0 aromatic heterocycles. The summed E-state index contributed by atoms with van der Waals surface area (Å²) in [5.74, 6) is -0.105. The van der Waals surface area contributed by atoms with Crippen LogP contribution in [0, 0.1) is 0 Å². The van der Waals surface area contributed by atoms with Gasteiger partial charge in [0.2, 0.25) is 5.91 Å². The first-order valence-electron chi connectivity index (χ1n) is 10.4. The highest BCUT2D eigenvalue weighted by atomic mass is 16.6. The van der Waals surface area contributed by atoms with Gasteiger partial charge in [-0.2, -0.15) is 0 Å². The highest BCUT2D eigenvalue weighted by Gasteiger charge is 2.31. The largest absolute Gasteiger partial charge is 0.444 e. The van der Waals surface area contributed by atoms with Gasteiger partial charge in [-0.1, -0.05) is 60.7 Å². The molecule has 3 rings (SSSR count). The summed E-state index contributed by atoms with van der Waals surface area (Å²) in [5, 5.41) is 2.77. The summed E-state index contributed by atoms with van der Waals surface area (Å²) in [6.07, 6.45) is -0.590. The summed E-state index contributed by atoms with van der Waals surface area (Å²) in [6, 6.07) is 18.9. The molecule has 30 heavy (non-hydrogen) atoms. The van der Waals surface area contributed by atoms with Crippen LogP contribution in [0.2, 0.25) is 0 Å². The van der Waals surface area contributed by atoms with E-state index < -0.39 is 17.7 Å². The normalized spacial score (nSPS) is 16.0. The van der Waals surface area contributed by atoms with Crippen molar-refractivity contribution in [3.63, 3.8) is 0 Å². The molecule has 1 heterocycles. The van der Waals surface area contributed by atoms with Crippen LogP contribution in [-0.2, 0) is 16.1 Å². The molecule has 160 valence electrons.